The summed E-state index contributed by atoms with van der Waals surface area (Å²) in [6, 6.07) is 8.30. The lowest BCUT2D eigenvalue weighted by molar-refractivity contribution is 0.335. The van der Waals surface area contributed by atoms with Crippen LogP contribution in [0, 0.1) is 5.92 Å². The normalized spacial score (nSPS) is 15.4. The second-order valence-corrected chi connectivity index (χ2v) is 5.42. The molecule has 2 aromatic rings. The van der Waals surface area contributed by atoms with Crippen LogP contribution in [0.4, 0.5) is 0 Å². The van der Waals surface area contributed by atoms with E-state index in [1.165, 1.54) is 10.9 Å². The lowest BCUT2D eigenvalue weighted by Crippen LogP contribution is -2.44. The molecule has 17 heavy (non-hydrogen) atoms. The summed E-state index contributed by atoms with van der Waals surface area (Å²) < 4.78 is 1.93. The average Bonchev–Trinajstić information content (AvgIpc) is 2.56. The molecule has 0 aliphatic carbocycles. The predicted molar refractivity (Wildman–Crippen MR) is 71.8 cm³/mol. The summed E-state index contributed by atoms with van der Waals surface area (Å²) in [6.45, 7) is 6.41. The van der Waals surface area contributed by atoms with E-state index in [9.17, 15) is 0 Å². The van der Waals surface area contributed by atoms with Crippen molar-refractivity contribution in [1.29, 1.82) is 0 Å². The van der Waals surface area contributed by atoms with E-state index in [-0.39, 0.29) is 5.54 Å². The average molecular weight is 231 g/mol. The summed E-state index contributed by atoms with van der Waals surface area (Å²) in [5.74, 6) is 0.434. The highest BCUT2D eigenvalue weighted by molar-refractivity contribution is 5.81. The molecule has 0 amide bonds. The molecule has 2 rings (SSSR count). The van der Waals surface area contributed by atoms with Crippen LogP contribution in [0.15, 0.2) is 24.3 Å². The fraction of sp³-hybridized carbons (Fsp3) is 0.500. The van der Waals surface area contributed by atoms with Gasteiger partial charge >= 0.3 is 0 Å². The molecule has 2 N–H and O–H groups in total. The van der Waals surface area contributed by atoms with E-state index in [1.54, 1.807) is 0 Å². The molecule has 0 bridgehead atoms. The van der Waals surface area contributed by atoms with Crippen LogP contribution in [-0.2, 0) is 13.5 Å². The molecule has 0 fully saturated rings. The molecule has 1 atom stereocenters. The third kappa shape index (κ3) is 2.20. The zero-order valence-electron chi connectivity index (χ0n) is 11.1. The molecule has 0 spiro atoms. The smallest absolute Gasteiger partial charge is 0.0721 e. The maximum atomic E-state index is 6.34. The van der Waals surface area contributed by atoms with Gasteiger partial charge in [0.25, 0.3) is 0 Å². The van der Waals surface area contributed by atoms with E-state index >= 15 is 0 Å². The highest BCUT2D eigenvalue weighted by Crippen LogP contribution is 2.24. The number of hydrogen-bond donors (Lipinski definition) is 1. The minimum absolute atomic E-state index is 0.211. The first-order valence-electron chi connectivity index (χ1n) is 6.11. The van der Waals surface area contributed by atoms with Crippen molar-refractivity contribution in [3.8, 4) is 0 Å². The molecule has 0 saturated heterocycles. The molecular weight excluding hydrogens is 210 g/mol. The van der Waals surface area contributed by atoms with Gasteiger partial charge in [0.2, 0.25) is 0 Å². The first kappa shape index (κ1) is 12.1. The second-order valence-electron chi connectivity index (χ2n) is 5.42. The summed E-state index contributed by atoms with van der Waals surface area (Å²) in [5, 5.41) is 5.81. The van der Waals surface area contributed by atoms with Gasteiger partial charge < -0.3 is 5.73 Å². The predicted octanol–water partition coefficient (Wildman–Crippen LogP) is 2.49. The number of hydrogen-bond acceptors (Lipinski definition) is 2. The van der Waals surface area contributed by atoms with Crippen LogP contribution in [0.5, 0.6) is 0 Å². The molecule has 0 saturated carbocycles. The standard InChI is InChI=1S/C14H21N3/c1-10(2)14(3,15)9-12-11-7-5-6-8-13(11)17(4)16-12/h5-8,10H,9,15H2,1-4H3. The van der Waals surface area contributed by atoms with E-state index in [4.69, 9.17) is 5.73 Å². The Balaban J connectivity index is 2.43. The summed E-state index contributed by atoms with van der Waals surface area (Å²) in [6.07, 6.45) is 0.812. The van der Waals surface area contributed by atoms with Crippen molar-refractivity contribution in [2.24, 2.45) is 18.7 Å². The fourth-order valence-electron chi connectivity index (χ4n) is 1.98. The molecule has 3 nitrogen and oxygen atoms in total. The largest absolute Gasteiger partial charge is 0.325 e. The molecule has 1 aromatic carbocycles. The third-order valence-corrected chi connectivity index (χ3v) is 3.70. The van der Waals surface area contributed by atoms with Crippen molar-refractivity contribution in [3.05, 3.63) is 30.0 Å². The zero-order chi connectivity index (χ0) is 12.6. The Bertz CT molecular complexity index is 523. The molecule has 1 aromatic heterocycles. The molecule has 1 unspecified atom stereocenters. The van der Waals surface area contributed by atoms with Crippen LogP contribution in [0.3, 0.4) is 0 Å². The number of benzene rings is 1. The number of aromatic nitrogens is 2. The van der Waals surface area contributed by atoms with Gasteiger partial charge in [0.15, 0.2) is 0 Å². The van der Waals surface area contributed by atoms with Gasteiger partial charge in [-0.1, -0.05) is 32.0 Å². The Kier molecular flexibility index (Phi) is 2.96. The Hall–Kier alpha value is -1.35. The van der Waals surface area contributed by atoms with Crippen LogP contribution in [0.25, 0.3) is 10.9 Å². The van der Waals surface area contributed by atoms with Crippen LogP contribution in [0.1, 0.15) is 26.5 Å². The third-order valence-electron chi connectivity index (χ3n) is 3.70. The Morgan fingerprint density at radius 3 is 2.65 bits per heavy atom. The van der Waals surface area contributed by atoms with Gasteiger partial charge in [-0.2, -0.15) is 5.10 Å². The van der Waals surface area contributed by atoms with Crippen molar-refractivity contribution in [3.63, 3.8) is 0 Å². The van der Waals surface area contributed by atoms with Crippen LogP contribution < -0.4 is 5.73 Å². The Morgan fingerprint density at radius 1 is 1.35 bits per heavy atom. The summed E-state index contributed by atoms with van der Waals surface area (Å²) >= 11 is 0. The minimum atomic E-state index is -0.211. The van der Waals surface area contributed by atoms with Crippen molar-refractivity contribution < 1.29 is 0 Å². The number of nitrogens with zero attached hydrogens (tertiary/aromatic N) is 2. The maximum Gasteiger partial charge on any atom is 0.0721 e. The molecule has 0 aliphatic rings. The zero-order valence-corrected chi connectivity index (χ0v) is 11.1. The van der Waals surface area contributed by atoms with Gasteiger partial charge in [-0.3, -0.25) is 4.68 Å². The van der Waals surface area contributed by atoms with Gasteiger partial charge in [-0.15, -0.1) is 0 Å². The lowest BCUT2D eigenvalue weighted by Gasteiger charge is -2.28. The summed E-state index contributed by atoms with van der Waals surface area (Å²) in [5.41, 5.74) is 8.40. The quantitative estimate of drug-likeness (QED) is 0.882. The number of fused-ring (bicyclic) bond motifs is 1. The Morgan fingerprint density at radius 2 is 2.00 bits per heavy atom. The van der Waals surface area contributed by atoms with Crippen molar-refractivity contribution in [1.82, 2.24) is 9.78 Å². The van der Waals surface area contributed by atoms with E-state index in [0.29, 0.717) is 5.92 Å². The highest BCUT2D eigenvalue weighted by Gasteiger charge is 2.25. The molecule has 92 valence electrons. The molecule has 3 heteroatoms. The van der Waals surface area contributed by atoms with Crippen molar-refractivity contribution in [2.75, 3.05) is 0 Å². The van der Waals surface area contributed by atoms with Crippen molar-refractivity contribution >= 4 is 10.9 Å². The first-order chi connectivity index (χ1) is 7.92. The van der Waals surface area contributed by atoms with Crippen LogP contribution >= 0.6 is 0 Å². The summed E-state index contributed by atoms with van der Waals surface area (Å²) in [4.78, 5) is 0. The van der Waals surface area contributed by atoms with E-state index in [1.807, 2.05) is 17.8 Å². The summed E-state index contributed by atoms with van der Waals surface area (Å²) in [7, 11) is 1.98. The highest BCUT2D eigenvalue weighted by atomic mass is 15.3. The topological polar surface area (TPSA) is 43.8 Å². The first-order valence-corrected chi connectivity index (χ1v) is 6.11. The minimum Gasteiger partial charge on any atom is -0.325 e. The molecule has 0 aliphatic heterocycles. The number of rotatable bonds is 3. The van der Waals surface area contributed by atoms with Gasteiger partial charge in [0, 0.05) is 24.4 Å². The lowest BCUT2D eigenvalue weighted by atomic mass is 9.85. The van der Waals surface area contributed by atoms with Crippen LogP contribution in [0.2, 0.25) is 0 Å². The monoisotopic (exact) mass is 231 g/mol. The molecular formula is C14H21N3. The fourth-order valence-corrected chi connectivity index (χ4v) is 1.98. The van der Waals surface area contributed by atoms with E-state index in [2.05, 4.69) is 44.1 Å². The van der Waals surface area contributed by atoms with Gasteiger partial charge in [0.05, 0.1) is 11.2 Å². The number of nitrogens with two attached hydrogens (primary N) is 1. The maximum absolute atomic E-state index is 6.34. The molecule has 1 heterocycles. The SMILES string of the molecule is CC(C)C(C)(N)Cc1nn(C)c2ccccc12. The number of para-hydroxylation sites is 1. The van der Waals surface area contributed by atoms with E-state index in [0.717, 1.165) is 12.1 Å². The number of aryl methyl sites for hydroxylation is 1. The van der Waals surface area contributed by atoms with Gasteiger partial charge in [-0.25, -0.2) is 0 Å². The van der Waals surface area contributed by atoms with Gasteiger partial charge in [0.1, 0.15) is 0 Å². The van der Waals surface area contributed by atoms with Crippen LogP contribution in [-0.4, -0.2) is 15.3 Å². The second kappa shape index (κ2) is 4.15. The van der Waals surface area contributed by atoms with Gasteiger partial charge in [-0.05, 0) is 18.9 Å². The van der Waals surface area contributed by atoms with E-state index < -0.39 is 0 Å². The molecule has 0 radical (unpaired) electrons. The van der Waals surface area contributed by atoms with Crippen molar-refractivity contribution in [2.45, 2.75) is 32.7 Å². The Labute approximate surface area is 103 Å².